The van der Waals surface area contributed by atoms with E-state index in [1.54, 1.807) is 0 Å². The molecular formula is C7H15Br2N. The lowest BCUT2D eigenvalue weighted by Gasteiger charge is -2.14. The molecule has 0 heterocycles. The lowest BCUT2D eigenvalue weighted by molar-refractivity contribution is 0.338. The van der Waals surface area contributed by atoms with Crippen LogP contribution in [0.5, 0.6) is 0 Å². The van der Waals surface area contributed by atoms with Gasteiger partial charge in [0.2, 0.25) is 0 Å². The van der Waals surface area contributed by atoms with Crippen LogP contribution in [-0.2, 0) is 0 Å². The van der Waals surface area contributed by atoms with Crippen LogP contribution < -0.4 is 0 Å². The molecule has 0 amide bonds. The van der Waals surface area contributed by atoms with Crippen molar-refractivity contribution in [2.75, 3.05) is 30.8 Å². The van der Waals surface area contributed by atoms with Crippen LogP contribution in [0.25, 0.3) is 0 Å². The average Bonchev–Trinajstić information content (AvgIpc) is 1.97. The van der Waals surface area contributed by atoms with E-state index in [-0.39, 0.29) is 0 Å². The molecule has 0 bridgehead atoms. The molecule has 10 heavy (non-hydrogen) atoms. The van der Waals surface area contributed by atoms with Crippen LogP contribution in [0.3, 0.4) is 0 Å². The maximum atomic E-state index is 3.41. The highest BCUT2D eigenvalue weighted by molar-refractivity contribution is 9.09. The van der Waals surface area contributed by atoms with E-state index >= 15 is 0 Å². The zero-order valence-corrected chi connectivity index (χ0v) is 9.62. The van der Waals surface area contributed by atoms with Crippen molar-refractivity contribution in [2.45, 2.75) is 12.8 Å². The molecule has 0 aromatic carbocycles. The van der Waals surface area contributed by atoms with Gasteiger partial charge in [0.25, 0.3) is 0 Å². The minimum absolute atomic E-state index is 1.12. The van der Waals surface area contributed by atoms with Crippen molar-refractivity contribution in [3.8, 4) is 0 Å². The molecule has 3 heteroatoms. The maximum absolute atomic E-state index is 3.41. The van der Waals surface area contributed by atoms with E-state index in [2.05, 4.69) is 43.8 Å². The maximum Gasteiger partial charge on any atom is 0.00434 e. The van der Waals surface area contributed by atoms with Crippen LogP contribution in [-0.4, -0.2) is 35.7 Å². The second kappa shape index (κ2) is 8.02. The summed E-state index contributed by atoms with van der Waals surface area (Å²) in [5.41, 5.74) is 0. The van der Waals surface area contributed by atoms with Crippen LogP contribution in [0, 0.1) is 0 Å². The van der Waals surface area contributed by atoms with Gasteiger partial charge in [-0.05, 0) is 33.0 Å². The van der Waals surface area contributed by atoms with Crippen molar-refractivity contribution in [2.24, 2.45) is 0 Å². The van der Waals surface area contributed by atoms with Crippen molar-refractivity contribution < 1.29 is 0 Å². The Morgan fingerprint density at radius 1 is 1.00 bits per heavy atom. The summed E-state index contributed by atoms with van der Waals surface area (Å²) in [7, 11) is 2.17. The molecule has 0 atom stereocenters. The fourth-order valence-electron chi connectivity index (χ4n) is 0.771. The Morgan fingerprint density at radius 3 is 1.70 bits per heavy atom. The third-order valence-corrected chi connectivity index (χ3v) is 2.47. The van der Waals surface area contributed by atoms with Gasteiger partial charge in [0, 0.05) is 10.7 Å². The molecule has 0 aromatic heterocycles. The van der Waals surface area contributed by atoms with E-state index in [9.17, 15) is 0 Å². The van der Waals surface area contributed by atoms with Gasteiger partial charge >= 0.3 is 0 Å². The predicted molar refractivity (Wildman–Crippen MR) is 54.3 cm³/mol. The SMILES string of the molecule is CN(CCCBr)CCCBr. The van der Waals surface area contributed by atoms with E-state index < -0.39 is 0 Å². The molecular weight excluding hydrogens is 258 g/mol. The predicted octanol–water partition coefficient (Wildman–Crippen LogP) is 2.49. The Hall–Kier alpha value is 0.920. The molecule has 0 fully saturated rings. The molecule has 0 aliphatic rings. The number of alkyl halides is 2. The van der Waals surface area contributed by atoms with Crippen LogP contribution in [0.2, 0.25) is 0 Å². The van der Waals surface area contributed by atoms with Crippen molar-refractivity contribution in [3.63, 3.8) is 0 Å². The number of nitrogens with zero attached hydrogens (tertiary/aromatic N) is 1. The number of hydrogen-bond donors (Lipinski definition) is 0. The van der Waals surface area contributed by atoms with Gasteiger partial charge in [-0.3, -0.25) is 0 Å². The molecule has 0 rings (SSSR count). The van der Waals surface area contributed by atoms with Gasteiger partial charge in [-0.25, -0.2) is 0 Å². The zero-order valence-electron chi connectivity index (χ0n) is 6.45. The van der Waals surface area contributed by atoms with E-state index in [4.69, 9.17) is 0 Å². The Balaban J connectivity index is 3.00. The topological polar surface area (TPSA) is 3.24 Å². The lowest BCUT2D eigenvalue weighted by atomic mass is 10.4. The largest absolute Gasteiger partial charge is 0.306 e. The molecule has 0 unspecified atom stereocenters. The fraction of sp³-hybridized carbons (Fsp3) is 1.00. The van der Waals surface area contributed by atoms with Crippen molar-refractivity contribution in [1.82, 2.24) is 4.90 Å². The summed E-state index contributed by atoms with van der Waals surface area (Å²) in [6, 6.07) is 0. The number of hydrogen-bond acceptors (Lipinski definition) is 1. The Morgan fingerprint density at radius 2 is 1.40 bits per heavy atom. The molecule has 0 N–H and O–H groups in total. The van der Waals surface area contributed by atoms with Crippen LogP contribution in [0.15, 0.2) is 0 Å². The second-order valence-electron chi connectivity index (χ2n) is 2.39. The number of rotatable bonds is 6. The van der Waals surface area contributed by atoms with E-state index in [0.29, 0.717) is 0 Å². The van der Waals surface area contributed by atoms with Crippen molar-refractivity contribution in [3.05, 3.63) is 0 Å². The van der Waals surface area contributed by atoms with Crippen molar-refractivity contribution in [1.29, 1.82) is 0 Å². The van der Waals surface area contributed by atoms with Gasteiger partial charge in [0.05, 0.1) is 0 Å². The number of halogens is 2. The highest BCUT2D eigenvalue weighted by Crippen LogP contribution is 1.94. The zero-order chi connectivity index (χ0) is 7.82. The van der Waals surface area contributed by atoms with Gasteiger partial charge in [-0.15, -0.1) is 0 Å². The first-order valence-electron chi connectivity index (χ1n) is 3.61. The molecule has 0 aromatic rings. The first-order valence-corrected chi connectivity index (χ1v) is 5.86. The summed E-state index contributed by atoms with van der Waals surface area (Å²) in [5.74, 6) is 0. The Bertz CT molecular complexity index is 60.6. The summed E-state index contributed by atoms with van der Waals surface area (Å²) >= 11 is 6.82. The molecule has 0 aliphatic heterocycles. The summed E-state index contributed by atoms with van der Waals surface area (Å²) in [4.78, 5) is 2.36. The van der Waals surface area contributed by atoms with Gasteiger partial charge in [-0.1, -0.05) is 31.9 Å². The smallest absolute Gasteiger partial charge is 0.00434 e. The van der Waals surface area contributed by atoms with E-state index in [0.717, 1.165) is 10.7 Å². The molecule has 0 saturated carbocycles. The molecule has 62 valence electrons. The Kier molecular flexibility index (Phi) is 8.76. The highest BCUT2D eigenvalue weighted by atomic mass is 79.9. The minimum Gasteiger partial charge on any atom is -0.306 e. The summed E-state index contributed by atoms with van der Waals surface area (Å²) < 4.78 is 0. The summed E-state index contributed by atoms with van der Waals surface area (Å²) in [5, 5.41) is 2.23. The van der Waals surface area contributed by atoms with Gasteiger partial charge in [0.15, 0.2) is 0 Å². The first-order chi connectivity index (χ1) is 4.81. The standard InChI is InChI=1S/C7H15Br2N/c1-10(6-2-4-8)7-3-5-9/h2-7H2,1H3. The minimum atomic E-state index is 1.12. The highest BCUT2D eigenvalue weighted by Gasteiger charge is 1.94. The van der Waals surface area contributed by atoms with Gasteiger partial charge in [0.1, 0.15) is 0 Å². The molecule has 0 radical (unpaired) electrons. The summed E-state index contributed by atoms with van der Waals surface area (Å²) in [6.07, 6.45) is 2.50. The Labute approximate surface area is 80.4 Å². The molecule has 1 nitrogen and oxygen atoms in total. The van der Waals surface area contributed by atoms with E-state index in [1.165, 1.54) is 25.9 Å². The van der Waals surface area contributed by atoms with Crippen molar-refractivity contribution >= 4 is 31.9 Å². The molecule has 0 spiro atoms. The van der Waals surface area contributed by atoms with Crippen LogP contribution >= 0.6 is 31.9 Å². The third-order valence-electron chi connectivity index (χ3n) is 1.35. The third kappa shape index (κ3) is 7.03. The van der Waals surface area contributed by atoms with Crippen LogP contribution in [0.4, 0.5) is 0 Å². The summed E-state index contributed by atoms with van der Waals surface area (Å²) in [6.45, 7) is 2.41. The molecule has 0 aliphatic carbocycles. The first kappa shape index (κ1) is 10.9. The van der Waals surface area contributed by atoms with Gasteiger partial charge < -0.3 is 4.90 Å². The quantitative estimate of drug-likeness (QED) is 0.672. The average molecular weight is 273 g/mol. The normalized spacial score (nSPS) is 10.8. The monoisotopic (exact) mass is 271 g/mol. The fourth-order valence-corrected chi connectivity index (χ4v) is 1.27. The molecule has 0 saturated heterocycles. The second-order valence-corrected chi connectivity index (χ2v) is 3.97. The van der Waals surface area contributed by atoms with Gasteiger partial charge in [-0.2, -0.15) is 0 Å². The van der Waals surface area contributed by atoms with E-state index in [1.807, 2.05) is 0 Å². The lowest BCUT2D eigenvalue weighted by Crippen LogP contribution is -2.21. The van der Waals surface area contributed by atoms with Crippen LogP contribution in [0.1, 0.15) is 12.8 Å².